The molecule has 3 rings (SSSR count). The van der Waals surface area contributed by atoms with Gasteiger partial charge in [-0.05, 0) is 31.6 Å². The number of hydrogen-bond acceptors (Lipinski definition) is 3. The van der Waals surface area contributed by atoms with Gasteiger partial charge in [0.05, 0.1) is 11.8 Å². The molecule has 0 aromatic carbocycles. The number of carbonyl (C=O) groups is 3. The van der Waals surface area contributed by atoms with Gasteiger partial charge in [0.1, 0.15) is 0 Å². The number of allylic oxidation sites excluding steroid dienone is 2. The maximum Gasteiger partial charge on any atom is 0.233 e. The van der Waals surface area contributed by atoms with Gasteiger partial charge < -0.3 is 5.32 Å². The number of carbonyl (C=O) groups excluding carboxylic acids is 3. The molecule has 2 fully saturated rings. The van der Waals surface area contributed by atoms with Crippen molar-refractivity contribution in [1.29, 1.82) is 0 Å². The Bertz CT molecular complexity index is 482. The van der Waals surface area contributed by atoms with Gasteiger partial charge in [0.2, 0.25) is 17.7 Å². The molecule has 5 heteroatoms. The summed E-state index contributed by atoms with van der Waals surface area (Å²) >= 11 is 0. The number of fused-ring (bicyclic) bond motifs is 1. The summed E-state index contributed by atoms with van der Waals surface area (Å²) in [7, 11) is 0. The average molecular weight is 318 g/mol. The highest BCUT2D eigenvalue weighted by Crippen LogP contribution is 2.35. The van der Waals surface area contributed by atoms with Crippen LogP contribution in [0.3, 0.4) is 0 Å². The van der Waals surface area contributed by atoms with Crippen LogP contribution in [0, 0.1) is 17.8 Å². The van der Waals surface area contributed by atoms with Crippen LogP contribution in [0.25, 0.3) is 0 Å². The van der Waals surface area contributed by atoms with E-state index in [-0.39, 0.29) is 42.5 Å². The lowest BCUT2D eigenvalue weighted by Gasteiger charge is -2.22. The van der Waals surface area contributed by atoms with Gasteiger partial charge in [-0.25, -0.2) is 0 Å². The van der Waals surface area contributed by atoms with Crippen LogP contribution >= 0.6 is 0 Å². The molecule has 0 aromatic rings. The number of likely N-dealkylation sites (tertiary alicyclic amines) is 1. The van der Waals surface area contributed by atoms with Gasteiger partial charge in [0.25, 0.3) is 0 Å². The highest BCUT2D eigenvalue weighted by atomic mass is 16.2. The van der Waals surface area contributed by atoms with Crippen molar-refractivity contribution >= 4 is 17.7 Å². The first-order chi connectivity index (χ1) is 11.2. The second kappa shape index (κ2) is 7.28. The Kier molecular flexibility index (Phi) is 5.13. The summed E-state index contributed by atoms with van der Waals surface area (Å²) in [6.45, 7) is 0.955. The fourth-order valence-corrected chi connectivity index (χ4v) is 4.04. The smallest absolute Gasteiger partial charge is 0.233 e. The van der Waals surface area contributed by atoms with Gasteiger partial charge in [-0.1, -0.05) is 31.4 Å². The molecule has 126 valence electrons. The Morgan fingerprint density at radius 1 is 1.04 bits per heavy atom. The zero-order chi connectivity index (χ0) is 16.2. The lowest BCUT2D eigenvalue weighted by Crippen LogP contribution is -2.36. The summed E-state index contributed by atoms with van der Waals surface area (Å²) < 4.78 is 0. The van der Waals surface area contributed by atoms with Crippen molar-refractivity contribution in [2.75, 3.05) is 13.1 Å². The topological polar surface area (TPSA) is 66.5 Å². The monoisotopic (exact) mass is 318 g/mol. The van der Waals surface area contributed by atoms with Gasteiger partial charge in [-0.15, -0.1) is 0 Å². The maximum absolute atomic E-state index is 12.3. The number of hydrogen-bond donors (Lipinski definition) is 1. The van der Waals surface area contributed by atoms with Crippen LogP contribution in [0.2, 0.25) is 0 Å². The standard InChI is InChI=1S/C18H26N2O3/c21-16(19-12-13-6-2-1-3-7-13)10-11-20-17(22)14-8-4-5-9-15(14)18(20)23/h4-5,13-15H,1-3,6-12H2,(H,19,21)/t14-,15-/m0/s1. The van der Waals surface area contributed by atoms with Crippen molar-refractivity contribution in [2.24, 2.45) is 17.8 Å². The molecule has 5 nitrogen and oxygen atoms in total. The van der Waals surface area contributed by atoms with E-state index in [4.69, 9.17) is 0 Å². The van der Waals surface area contributed by atoms with Crippen molar-refractivity contribution in [2.45, 2.75) is 51.4 Å². The molecule has 1 saturated heterocycles. The van der Waals surface area contributed by atoms with E-state index < -0.39 is 0 Å². The Balaban J connectivity index is 1.43. The molecule has 0 aromatic heterocycles. The highest BCUT2D eigenvalue weighted by Gasteiger charge is 2.46. The van der Waals surface area contributed by atoms with Crippen molar-refractivity contribution in [3.8, 4) is 0 Å². The van der Waals surface area contributed by atoms with Crippen LogP contribution in [0.15, 0.2) is 12.2 Å². The highest BCUT2D eigenvalue weighted by molar-refractivity contribution is 6.05. The molecule has 0 unspecified atom stereocenters. The molecule has 3 amide bonds. The lowest BCUT2D eigenvalue weighted by molar-refractivity contribution is -0.140. The quantitative estimate of drug-likeness (QED) is 0.623. The summed E-state index contributed by atoms with van der Waals surface area (Å²) in [6, 6.07) is 0. The first-order valence-corrected chi connectivity index (χ1v) is 8.93. The van der Waals surface area contributed by atoms with Crippen molar-refractivity contribution in [3.63, 3.8) is 0 Å². The SMILES string of the molecule is O=C(CCN1C(=O)[C@H]2CC=CC[C@@H]2C1=O)NCC1CCCCC1. The third kappa shape index (κ3) is 3.65. The molecule has 3 aliphatic rings. The Morgan fingerprint density at radius 2 is 1.65 bits per heavy atom. The van der Waals surface area contributed by atoms with Gasteiger partial charge >= 0.3 is 0 Å². The minimum Gasteiger partial charge on any atom is -0.356 e. The normalized spacial score (nSPS) is 28.1. The molecule has 0 bridgehead atoms. The molecule has 0 spiro atoms. The largest absolute Gasteiger partial charge is 0.356 e. The molecule has 2 atom stereocenters. The zero-order valence-electron chi connectivity index (χ0n) is 13.6. The summed E-state index contributed by atoms with van der Waals surface area (Å²) in [5.41, 5.74) is 0. The third-order valence-corrected chi connectivity index (χ3v) is 5.47. The molecule has 2 aliphatic carbocycles. The van der Waals surface area contributed by atoms with Crippen LogP contribution < -0.4 is 5.32 Å². The Morgan fingerprint density at radius 3 is 2.26 bits per heavy atom. The molecule has 0 radical (unpaired) electrons. The van der Waals surface area contributed by atoms with Crippen molar-refractivity contribution < 1.29 is 14.4 Å². The van der Waals surface area contributed by atoms with E-state index in [9.17, 15) is 14.4 Å². The van der Waals surface area contributed by atoms with Crippen LogP contribution in [-0.4, -0.2) is 35.7 Å². The molecular formula is C18H26N2O3. The van der Waals surface area contributed by atoms with E-state index in [1.165, 1.54) is 37.0 Å². The van der Waals surface area contributed by atoms with Gasteiger partial charge in [-0.3, -0.25) is 19.3 Å². The number of nitrogens with zero attached hydrogens (tertiary/aromatic N) is 1. The molecule has 23 heavy (non-hydrogen) atoms. The summed E-state index contributed by atoms with van der Waals surface area (Å²) in [5.74, 6) is -0.0367. The predicted molar refractivity (Wildman–Crippen MR) is 86.3 cm³/mol. The molecular weight excluding hydrogens is 292 g/mol. The van der Waals surface area contributed by atoms with Crippen LogP contribution in [-0.2, 0) is 14.4 Å². The number of imide groups is 1. The van der Waals surface area contributed by atoms with E-state index in [2.05, 4.69) is 5.32 Å². The zero-order valence-corrected chi connectivity index (χ0v) is 13.6. The van der Waals surface area contributed by atoms with Crippen molar-refractivity contribution in [3.05, 3.63) is 12.2 Å². The van der Waals surface area contributed by atoms with E-state index in [1.54, 1.807) is 0 Å². The first kappa shape index (κ1) is 16.2. The lowest BCUT2D eigenvalue weighted by atomic mass is 9.85. The van der Waals surface area contributed by atoms with Gasteiger partial charge in [0, 0.05) is 19.5 Å². The van der Waals surface area contributed by atoms with E-state index in [0.717, 1.165) is 6.54 Å². The first-order valence-electron chi connectivity index (χ1n) is 8.93. The fraction of sp³-hybridized carbons (Fsp3) is 0.722. The Hall–Kier alpha value is -1.65. The van der Waals surface area contributed by atoms with Gasteiger partial charge in [0.15, 0.2) is 0 Å². The van der Waals surface area contributed by atoms with E-state index in [1.807, 2.05) is 12.2 Å². The van der Waals surface area contributed by atoms with Crippen molar-refractivity contribution in [1.82, 2.24) is 10.2 Å². The second-order valence-electron chi connectivity index (χ2n) is 7.04. The second-order valence-corrected chi connectivity index (χ2v) is 7.04. The van der Waals surface area contributed by atoms with Crippen LogP contribution in [0.1, 0.15) is 51.4 Å². The molecule has 1 N–H and O–H groups in total. The van der Waals surface area contributed by atoms with E-state index >= 15 is 0 Å². The predicted octanol–water partition coefficient (Wildman–Crippen LogP) is 2.02. The minimum atomic E-state index is -0.196. The summed E-state index contributed by atoms with van der Waals surface area (Å²) in [5, 5.41) is 2.97. The number of amides is 3. The Labute approximate surface area is 137 Å². The third-order valence-electron chi connectivity index (χ3n) is 5.47. The summed E-state index contributed by atoms with van der Waals surface area (Å²) in [4.78, 5) is 37.9. The number of nitrogens with one attached hydrogen (secondary N) is 1. The van der Waals surface area contributed by atoms with Gasteiger partial charge in [-0.2, -0.15) is 0 Å². The minimum absolute atomic E-state index is 0.0517. The molecule has 1 aliphatic heterocycles. The van der Waals surface area contributed by atoms with E-state index in [0.29, 0.717) is 18.8 Å². The maximum atomic E-state index is 12.3. The molecule has 1 heterocycles. The average Bonchev–Trinajstić information content (AvgIpc) is 2.83. The van der Waals surface area contributed by atoms with Crippen LogP contribution in [0.4, 0.5) is 0 Å². The van der Waals surface area contributed by atoms with Crippen LogP contribution in [0.5, 0.6) is 0 Å². The number of rotatable bonds is 5. The summed E-state index contributed by atoms with van der Waals surface area (Å²) in [6.07, 6.45) is 11.7. The fourth-order valence-electron chi connectivity index (χ4n) is 4.04. The molecule has 1 saturated carbocycles.